The molecule has 1 saturated heterocycles. The number of thiophene rings is 1. The molecular formula is C22H27ClN2OS2. The summed E-state index contributed by atoms with van der Waals surface area (Å²) in [6.45, 7) is 8.87. The number of piperidine rings is 1. The normalized spacial score (nSPS) is 21.8. The highest BCUT2D eigenvalue weighted by Gasteiger charge is 2.23. The molecule has 0 bridgehead atoms. The van der Waals surface area contributed by atoms with Gasteiger partial charge in [0.25, 0.3) is 5.91 Å². The molecule has 0 unspecified atom stereocenters. The Balaban J connectivity index is 1.32. The van der Waals surface area contributed by atoms with Crippen molar-refractivity contribution in [1.82, 2.24) is 10.2 Å². The van der Waals surface area contributed by atoms with Crippen molar-refractivity contribution < 1.29 is 4.79 Å². The third-order valence-electron chi connectivity index (χ3n) is 5.49. The Bertz CT molecular complexity index is 856. The Kier molecular flexibility index (Phi) is 6.36. The van der Waals surface area contributed by atoms with Crippen molar-refractivity contribution >= 4 is 40.6 Å². The maximum absolute atomic E-state index is 12.6. The van der Waals surface area contributed by atoms with Crippen LogP contribution < -0.4 is 5.32 Å². The van der Waals surface area contributed by atoms with E-state index in [9.17, 15) is 4.79 Å². The van der Waals surface area contributed by atoms with E-state index in [1.54, 1.807) is 23.1 Å². The zero-order valence-electron chi connectivity index (χ0n) is 16.5. The lowest BCUT2D eigenvalue weighted by atomic mass is 9.92. The first kappa shape index (κ1) is 20.3. The van der Waals surface area contributed by atoms with Crippen molar-refractivity contribution in [2.24, 2.45) is 11.8 Å². The van der Waals surface area contributed by atoms with Gasteiger partial charge in [-0.2, -0.15) is 0 Å². The summed E-state index contributed by atoms with van der Waals surface area (Å²) < 4.78 is 0. The molecule has 3 heterocycles. The minimum atomic E-state index is 0.0558. The lowest BCUT2D eigenvalue weighted by molar-refractivity contribution is 0.0951. The van der Waals surface area contributed by atoms with E-state index < -0.39 is 0 Å². The zero-order chi connectivity index (χ0) is 19.7. The van der Waals surface area contributed by atoms with Crippen molar-refractivity contribution in [3.05, 3.63) is 39.7 Å². The van der Waals surface area contributed by atoms with Gasteiger partial charge in [-0.15, -0.1) is 23.1 Å². The number of nitrogens with zero attached hydrogens (tertiary/aromatic N) is 1. The SMILES string of the molecule is C[C@H]1C[C@H](C)CN(CCCNC(=O)c2cc3c(s2)-c2ccc(Cl)cc2SC3)C1. The smallest absolute Gasteiger partial charge is 0.261 e. The Labute approximate surface area is 180 Å². The van der Waals surface area contributed by atoms with Gasteiger partial charge in [-0.3, -0.25) is 4.79 Å². The third kappa shape index (κ3) is 4.59. The summed E-state index contributed by atoms with van der Waals surface area (Å²) in [5.74, 6) is 2.52. The van der Waals surface area contributed by atoms with Crippen LogP contribution in [0.15, 0.2) is 29.2 Å². The molecule has 4 rings (SSSR count). The van der Waals surface area contributed by atoms with E-state index in [0.29, 0.717) is 0 Å². The maximum atomic E-state index is 12.6. The summed E-state index contributed by atoms with van der Waals surface area (Å²) in [6, 6.07) is 8.08. The second-order valence-corrected chi connectivity index (χ2v) is 10.7. The monoisotopic (exact) mass is 434 g/mol. The zero-order valence-corrected chi connectivity index (χ0v) is 18.9. The van der Waals surface area contributed by atoms with Crippen LogP contribution in [-0.2, 0) is 5.75 Å². The molecule has 1 aromatic carbocycles. The lowest BCUT2D eigenvalue weighted by Gasteiger charge is -2.34. The van der Waals surface area contributed by atoms with Crippen LogP contribution in [0.3, 0.4) is 0 Å². The Morgan fingerprint density at radius 3 is 2.82 bits per heavy atom. The number of nitrogens with one attached hydrogen (secondary N) is 1. The molecule has 1 fully saturated rings. The minimum absolute atomic E-state index is 0.0558. The van der Waals surface area contributed by atoms with Crippen LogP contribution in [-0.4, -0.2) is 37.0 Å². The van der Waals surface area contributed by atoms with E-state index in [2.05, 4.69) is 36.2 Å². The van der Waals surface area contributed by atoms with E-state index in [1.165, 1.54) is 40.4 Å². The van der Waals surface area contributed by atoms with Gasteiger partial charge in [0, 0.05) is 45.7 Å². The topological polar surface area (TPSA) is 32.3 Å². The molecule has 6 heteroatoms. The summed E-state index contributed by atoms with van der Waals surface area (Å²) in [5, 5.41) is 3.89. The number of rotatable bonds is 5. The van der Waals surface area contributed by atoms with Crippen LogP contribution in [0.1, 0.15) is 41.9 Å². The van der Waals surface area contributed by atoms with Crippen LogP contribution in [0, 0.1) is 11.8 Å². The molecule has 0 aliphatic carbocycles. The Morgan fingerprint density at radius 2 is 2.04 bits per heavy atom. The van der Waals surface area contributed by atoms with Crippen molar-refractivity contribution in [2.45, 2.75) is 37.3 Å². The summed E-state index contributed by atoms with van der Waals surface area (Å²) in [5.41, 5.74) is 2.46. The van der Waals surface area contributed by atoms with E-state index in [-0.39, 0.29) is 5.91 Å². The predicted octanol–water partition coefficient (Wildman–Crippen LogP) is 5.77. The predicted molar refractivity (Wildman–Crippen MR) is 121 cm³/mol. The highest BCUT2D eigenvalue weighted by molar-refractivity contribution is 7.98. The molecule has 2 aliphatic heterocycles. The van der Waals surface area contributed by atoms with Gasteiger partial charge in [-0.25, -0.2) is 0 Å². The molecule has 1 aromatic heterocycles. The van der Waals surface area contributed by atoms with Crippen molar-refractivity contribution in [3.8, 4) is 10.4 Å². The molecule has 28 heavy (non-hydrogen) atoms. The lowest BCUT2D eigenvalue weighted by Crippen LogP contribution is -2.40. The van der Waals surface area contributed by atoms with E-state index in [1.807, 2.05) is 12.1 Å². The number of benzene rings is 1. The number of halogens is 1. The van der Waals surface area contributed by atoms with Gasteiger partial charge < -0.3 is 10.2 Å². The second kappa shape index (κ2) is 8.78. The fraction of sp³-hybridized carbons (Fsp3) is 0.500. The highest BCUT2D eigenvalue weighted by Crippen LogP contribution is 2.46. The summed E-state index contributed by atoms with van der Waals surface area (Å²) >= 11 is 9.52. The fourth-order valence-electron chi connectivity index (χ4n) is 4.40. The molecule has 3 nitrogen and oxygen atoms in total. The molecule has 2 atom stereocenters. The van der Waals surface area contributed by atoms with E-state index in [4.69, 9.17) is 11.6 Å². The van der Waals surface area contributed by atoms with E-state index in [0.717, 1.165) is 47.0 Å². The number of thioether (sulfide) groups is 1. The second-order valence-electron chi connectivity index (χ2n) is 8.21. The average Bonchev–Trinajstić information content (AvgIpc) is 3.09. The molecule has 0 spiro atoms. The van der Waals surface area contributed by atoms with Gasteiger partial charge in [0.1, 0.15) is 0 Å². The van der Waals surface area contributed by atoms with Crippen LogP contribution in [0.4, 0.5) is 0 Å². The molecule has 1 N–H and O–H groups in total. The standard InChI is InChI=1S/C22H27ClN2OS2/c1-14-8-15(2)12-25(11-14)7-3-6-24-22(26)20-9-16-13-27-19-10-17(23)4-5-18(19)21(16)28-20/h4-5,9-10,14-15H,3,6-8,11-13H2,1-2H3,(H,24,26)/t14-,15-/m0/s1. The molecule has 1 amide bonds. The number of hydrogen-bond acceptors (Lipinski definition) is 4. The van der Waals surface area contributed by atoms with Crippen molar-refractivity contribution in [3.63, 3.8) is 0 Å². The van der Waals surface area contributed by atoms with Gasteiger partial charge in [0.15, 0.2) is 0 Å². The van der Waals surface area contributed by atoms with Gasteiger partial charge >= 0.3 is 0 Å². The molecule has 2 aliphatic rings. The van der Waals surface area contributed by atoms with Gasteiger partial charge in [-0.05, 0) is 55.0 Å². The van der Waals surface area contributed by atoms with Crippen molar-refractivity contribution in [1.29, 1.82) is 0 Å². The van der Waals surface area contributed by atoms with Gasteiger partial charge in [0.05, 0.1) is 4.88 Å². The molecule has 2 aromatic rings. The Morgan fingerprint density at radius 1 is 1.25 bits per heavy atom. The van der Waals surface area contributed by atoms with Crippen LogP contribution >= 0.6 is 34.7 Å². The molecule has 0 radical (unpaired) electrons. The largest absolute Gasteiger partial charge is 0.351 e. The summed E-state index contributed by atoms with van der Waals surface area (Å²) in [4.78, 5) is 18.4. The quantitative estimate of drug-likeness (QED) is 0.606. The first-order valence-corrected chi connectivity index (χ1v) is 12.2. The molecular weight excluding hydrogens is 408 g/mol. The number of hydrogen-bond donors (Lipinski definition) is 1. The number of likely N-dealkylation sites (tertiary alicyclic amines) is 1. The van der Waals surface area contributed by atoms with Gasteiger partial charge in [0.2, 0.25) is 0 Å². The van der Waals surface area contributed by atoms with E-state index >= 15 is 0 Å². The summed E-state index contributed by atoms with van der Waals surface area (Å²) in [7, 11) is 0. The van der Waals surface area contributed by atoms with Gasteiger partial charge in [-0.1, -0.05) is 31.5 Å². The highest BCUT2D eigenvalue weighted by atomic mass is 35.5. The number of carbonyl (C=O) groups excluding carboxylic acids is 1. The first-order chi connectivity index (χ1) is 13.5. The average molecular weight is 435 g/mol. The number of carbonyl (C=O) groups is 1. The Hall–Kier alpha value is -1.01. The maximum Gasteiger partial charge on any atom is 0.261 e. The third-order valence-corrected chi connectivity index (χ3v) is 8.03. The molecule has 150 valence electrons. The van der Waals surface area contributed by atoms with Crippen LogP contribution in [0.2, 0.25) is 5.02 Å². The number of fused-ring (bicyclic) bond motifs is 3. The summed E-state index contributed by atoms with van der Waals surface area (Å²) in [6.07, 6.45) is 2.34. The first-order valence-electron chi connectivity index (χ1n) is 10.1. The van der Waals surface area contributed by atoms with Crippen molar-refractivity contribution in [2.75, 3.05) is 26.2 Å². The van der Waals surface area contributed by atoms with Crippen LogP contribution in [0.5, 0.6) is 0 Å². The molecule has 0 saturated carbocycles. The van der Waals surface area contributed by atoms with Crippen LogP contribution in [0.25, 0.3) is 10.4 Å². The fourth-order valence-corrected chi connectivity index (χ4v) is 7.00. The number of amides is 1. The minimum Gasteiger partial charge on any atom is -0.351 e.